The number of nitrogens with zero attached hydrogens (tertiary/aromatic N) is 4. The highest BCUT2D eigenvalue weighted by molar-refractivity contribution is 5.93. The van der Waals surface area contributed by atoms with Crippen LogP contribution in [0.3, 0.4) is 0 Å². The summed E-state index contributed by atoms with van der Waals surface area (Å²) in [5.41, 5.74) is 0.127. The number of hydrogen-bond acceptors (Lipinski definition) is 10. The van der Waals surface area contributed by atoms with Crippen LogP contribution in [0.2, 0.25) is 0 Å². The van der Waals surface area contributed by atoms with E-state index in [1.54, 1.807) is 13.3 Å². The molecule has 0 saturated carbocycles. The summed E-state index contributed by atoms with van der Waals surface area (Å²) in [5, 5.41) is 6.55. The highest BCUT2D eigenvalue weighted by atomic mass is 19.1. The lowest BCUT2D eigenvalue weighted by atomic mass is 10.1. The van der Waals surface area contributed by atoms with E-state index in [2.05, 4.69) is 32.2 Å². The van der Waals surface area contributed by atoms with Gasteiger partial charge in [-0.25, -0.2) is 23.7 Å². The lowest BCUT2D eigenvalue weighted by Crippen LogP contribution is -2.52. The summed E-state index contributed by atoms with van der Waals surface area (Å²) in [6.45, 7) is 5.19. The molecule has 11 nitrogen and oxygen atoms in total. The minimum absolute atomic E-state index is 0.0137. The van der Waals surface area contributed by atoms with Crippen LogP contribution < -0.4 is 25.0 Å². The zero-order valence-electron chi connectivity index (χ0n) is 21.7. The number of benzene rings is 1. The van der Waals surface area contributed by atoms with Crippen molar-refractivity contribution in [2.75, 3.05) is 57.8 Å². The van der Waals surface area contributed by atoms with Crippen LogP contribution in [-0.4, -0.2) is 86.7 Å². The normalized spacial score (nSPS) is 19.1. The van der Waals surface area contributed by atoms with E-state index in [1.165, 1.54) is 26.4 Å². The largest absolute Gasteiger partial charge is 0.494 e. The topological polar surface area (TPSA) is 120 Å². The van der Waals surface area contributed by atoms with Gasteiger partial charge in [0.25, 0.3) is 0 Å². The standard InChI is InChI=1S/C26H28F2N6O5/c1-5-20(35)30-16-11-39-12-17(16)32-26-29-8-13-6-15(21-22(27)18(37-3)7-19(38-4)23(21)28)31-25(24(13)33-26)34-9-14(10-34)36-2/h5-8,14,16-17H,1,9-12H2,2-4H3,(H,30,35)(H,29,32,33)/t16-,17+/m0/s1. The molecule has 39 heavy (non-hydrogen) atoms. The minimum Gasteiger partial charge on any atom is -0.494 e. The molecule has 5 rings (SSSR count). The van der Waals surface area contributed by atoms with Crippen molar-refractivity contribution in [2.45, 2.75) is 18.2 Å². The first kappa shape index (κ1) is 26.5. The molecule has 0 aliphatic carbocycles. The van der Waals surface area contributed by atoms with Crippen molar-refractivity contribution < 1.29 is 32.5 Å². The van der Waals surface area contributed by atoms with Crippen LogP contribution >= 0.6 is 0 Å². The third-order valence-corrected chi connectivity index (χ3v) is 6.77. The number of carbonyl (C=O) groups is 1. The molecule has 0 spiro atoms. The average Bonchev–Trinajstić information content (AvgIpc) is 3.34. The number of halogens is 2. The molecule has 2 aromatic heterocycles. The molecule has 4 heterocycles. The van der Waals surface area contributed by atoms with Crippen LogP contribution in [0, 0.1) is 11.6 Å². The van der Waals surface area contributed by atoms with E-state index in [9.17, 15) is 4.79 Å². The number of amides is 1. The lowest BCUT2D eigenvalue weighted by molar-refractivity contribution is -0.117. The summed E-state index contributed by atoms with van der Waals surface area (Å²) >= 11 is 0. The molecular formula is C26H28F2N6O5. The number of anilines is 2. The molecule has 2 aliphatic heterocycles. The van der Waals surface area contributed by atoms with Crippen molar-refractivity contribution in [1.82, 2.24) is 20.3 Å². The van der Waals surface area contributed by atoms with Crippen molar-refractivity contribution in [1.29, 1.82) is 0 Å². The van der Waals surface area contributed by atoms with E-state index >= 15 is 8.78 Å². The summed E-state index contributed by atoms with van der Waals surface area (Å²) < 4.78 is 51.8. The van der Waals surface area contributed by atoms with Crippen molar-refractivity contribution in [3.63, 3.8) is 0 Å². The maximum atomic E-state index is 15.3. The van der Waals surface area contributed by atoms with Crippen LogP contribution in [0.5, 0.6) is 11.5 Å². The fourth-order valence-corrected chi connectivity index (χ4v) is 4.56. The van der Waals surface area contributed by atoms with E-state index in [0.29, 0.717) is 43.0 Å². The van der Waals surface area contributed by atoms with Crippen LogP contribution in [0.1, 0.15) is 0 Å². The smallest absolute Gasteiger partial charge is 0.243 e. The van der Waals surface area contributed by atoms with Crippen LogP contribution in [0.4, 0.5) is 20.5 Å². The van der Waals surface area contributed by atoms with Gasteiger partial charge in [0.05, 0.1) is 56.9 Å². The second kappa shape index (κ2) is 10.9. The number of ether oxygens (including phenoxy) is 4. The lowest BCUT2D eigenvalue weighted by Gasteiger charge is -2.39. The molecular weight excluding hydrogens is 514 g/mol. The van der Waals surface area contributed by atoms with E-state index in [0.717, 1.165) is 6.07 Å². The molecule has 2 fully saturated rings. The Hall–Kier alpha value is -4.10. The predicted octanol–water partition coefficient (Wildman–Crippen LogP) is 2.30. The molecule has 13 heteroatoms. The zero-order valence-corrected chi connectivity index (χ0v) is 21.7. The summed E-state index contributed by atoms with van der Waals surface area (Å²) in [6.07, 6.45) is 2.73. The third kappa shape index (κ3) is 5.02. The Morgan fingerprint density at radius 1 is 1.10 bits per heavy atom. The highest BCUT2D eigenvalue weighted by Gasteiger charge is 2.33. The van der Waals surface area contributed by atoms with Crippen molar-refractivity contribution in [2.24, 2.45) is 0 Å². The van der Waals surface area contributed by atoms with Crippen LogP contribution in [0.25, 0.3) is 22.2 Å². The average molecular weight is 543 g/mol. The van der Waals surface area contributed by atoms with Gasteiger partial charge in [0.15, 0.2) is 29.0 Å². The van der Waals surface area contributed by atoms with E-state index in [4.69, 9.17) is 18.9 Å². The highest BCUT2D eigenvalue weighted by Crippen LogP contribution is 2.39. The Morgan fingerprint density at radius 3 is 2.44 bits per heavy atom. The second-order valence-corrected chi connectivity index (χ2v) is 9.12. The van der Waals surface area contributed by atoms with Gasteiger partial charge < -0.3 is 34.5 Å². The van der Waals surface area contributed by atoms with E-state index < -0.39 is 11.6 Å². The van der Waals surface area contributed by atoms with Crippen LogP contribution in [0.15, 0.2) is 31.0 Å². The molecule has 2 N–H and O–H groups in total. The van der Waals surface area contributed by atoms with Crippen molar-refractivity contribution in [3.8, 4) is 22.8 Å². The van der Waals surface area contributed by atoms with Gasteiger partial charge in [-0.1, -0.05) is 6.58 Å². The summed E-state index contributed by atoms with van der Waals surface area (Å²) in [4.78, 5) is 27.4. The van der Waals surface area contributed by atoms with Gasteiger partial charge in [-0.05, 0) is 12.1 Å². The van der Waals surface area contributed by atoms with Gasteiger partial charge in [-0.15, -0.1) is 0 Å². The van der Waals surface area contributed by atoms with Crippen molar-refractivity contribution >= 4 is 28.6 Å². The first-order chi connectivity index (χ1) is 18.9. The fraction of sp³-hybridized carbons (Fsp3) is 0.385. The molecule has 0 unspecified atom stereocenters. The van der Waals surface area contributed by atoms with Gasteiger partial charge >= 0.3 is 0 Å². The second-order valence-electron chi connectivity index (χ2n) is 9.12. The number of carbonyl (C=O) groups excluding carboxylic acids is 1. The third-order valence-electron chi connectivity index (χ3n) is 6.77. The quantitative estimate of drug-likeness (QED) is 0.390. The predicted molar refractivity (Wildman–Crippen MR) is 139 cm³/mol. The summed E-state index contributed by atoms with van der Waals surface area (Å²) in [7, 11) is 4.19. The molecule has 1 aromatic carbocycles. The molecule has 206 valence electrons. The first-order valence-electron chi connectivity index (χ1n) is 12.2. The first-order valence-corrected chi connectivity index (χ1v) is 12.2. The Kier molecular flexibility index (Phi) is 7.44. The Balaban J connectivity index is 1.57. The number of nitrogens with one attached hydrogen (secondary N) is 2. The Bertz CT molecular complexity index is 1390. The Morgan fingerprint density at radius 2 is 1.79 bits per heavy atom. The van der Waals surface area contributed by atoms with E-state index in [-0.39, 0.29) is 52.8 Å². The van der Waals surface area contributed by atoms with Gasteiger partial charge in [0.1, 0.15) is 5.52 Å². The molecule has 1 amide bonds. The molecule has 2 aliphatic rings. The summed E-state index contributed by atoms with van der Waals surface area (Å²) in [6, 6.07) is 2.08. The number of rotatable bonds is 9. The van der Waals surface area contributed by atoms with Crippen LogP contribution in [-0.2, 0) is 14.3 Å². The number of hydrogen-bond donors (Lipinski definition) is 2. The molecule has 2 atom stereocenters. The van der Waals surface area contributed by atoms with Gasteiger partial charge in [0, 0.05) is 37.8 Å². The number of methoxy groups -OCH3 is 3. The maximum absolute atomic E-state index is 15.3. The van der Waals surface area contributed by atoms with E-state index in [1.807, 2.05) is 4.90 Å². The Labute approximate surface area is 223 Å². The molecule has 3 aromatic rings. The molecule has 2 saturated heterocycles. The van der Waals surface area contributed by atoms with Gasteiger partial charge in [0.2, 0.25) is 11.9 Å². The van der Waals surface area contributed by atoms with Crippen molar-refractivity contribution in [3.05, 3.63) is 42.6 Å². The number of fused-ring (bicyclic) bond motifs is 1. The maximum Gasteiger partial charge on any atom is 0.243 e. The monoisotopic (exact) mass is 542 g/mol. The zero-order chi connectivity index (χ0) is 27.7. The fourth-order valence-electron chi connectivity index (χ4n) is 4.56. The minimum atomic E-state index is -0.903. The summed E-state index contributed by atoms with van der Waals surface area (Å²) in [5.74, 6) is -1.77. The van der Waals surface area contributed by atoms with Gasteiger partial charge in [-0.2, -0.15) is 0 Å². The molecule has 0 bridgehead atoms. The number of pyridine rings is 1. The van der Waals surface area contributed by atoms with Gasteiger partial charge in [-0.3, -0.25) is 4.79 Å². The number of aromatic nitrogens is 3. The SMILES string of the molecule is C=CC(=O)N[C@H]1COC[C@H]1Nc1ncc2cc(-c3c(F)c(OC)cc(OC)c3F)nc(N3CC(OC)C3)c2n1. The molecule has 0 radical (unpaired) electrons.